The van der Waals surface area contributed by atoms with Crippen LogP contribution in [0.4, 0.5) is 4.39 Å². The third kappa shape index (κ3) is 3.23. The molecule has 0 aliphatic rings. The Balaban J connectivity index is 2.45. The van der Waals surface area contributed by atoms with Gasteiger partial charge in [-0.2, -0.15) is 4.39 Å². The van der Waals surface area contributed by atoms with Gasteiger partial charge >= 0.3 is 9.61 Å². The predicted octanol–water partition coefficient (Wildman–Crippen LogP) is 2.60. The third-order valence-corrected chi connectivity index (χ3v) is 3.22. The maximum Gasteiger partial charge on any atom is 0.361 e. The van der Waals surface area contributed by atoms with Crippen molar-refractivity contribution in [3.05, 3.63) is 41.1 Å². The summed E-state index contributed by atoms with van der Waals surface area (Å²) in [5.74, 6) is 0.484. The second kappa shape index (κ2) is 5.44. The van der Waals surface area contributed by atoms with E-state index in [4.69, 9.17) is 27.9 Å². The number of hydrogen-bond donors (Lipinski definition) is 0. The van der Waals surface area contributed by atoms with Gasteiger partial charge in [-0.3, -0.25) is 0 Å². The van der Waals surface area contributed by atoms with Crippen LogP contribution in [0.1, 0.15) is 0 Å². The van der Waals surface area contributed by atoms with Crippen molar-refractivity contribution in [2.24, 2.45) is 0 Å². The van der Waals surface area contributed by atoms with Crippen molar-refractivity contribution < 1.29 is 9.13 Å². The molecule has 9 heteroatoms. The quantitative estimate of drug-likeness (QED) is 0.811. The molecule has 19 heavy (non-hydrogen) atoms. The number of halogens is 3. The van der Waals surface area contributed by atoms with Gasteiger partial charge in [0.15, 0.2) is 0 Å². The highest BCUT2D eigenvalue weighted by atomic mass is 35.5. The molecule has 0 N–H and O–H groups in total. The molecule has 0 amide bonds. The number of benzene rings is 1. The van der Waals surface area contributed by atoms with Crippen molar-refractivity contribution in [1.82, 2.24) is 13.8 Å². The molecule has 0 saturated carbocycles. The van der Waals surface area contributed by atoms with Crippen LogP contribution in [-0.4, -0.2) is 24.8 Å². The van der Waals surface area contributed by atoms with Crippen molar-refractivity contribution in [2.75, 3.05) is 7.11 Å². The second-order valence-corrected chi connectivity index (χ2v) is 6.14. The van der Waals surface area contributed by atoms with Crippen molar-refractivity contribution in [3.8, 4) is 11.4 Å². The minimum Gasteiger partial charge on any atom is -0.495 e. The molecule has 0 saturated heterocycles. The Bertz CT molecular complexity index is 638. The first kappa shape index (κ1) is 14.2. The highest BCUT2D eigenvalue weighted by Crippen LogP contribution is 2.35. The van der Waals surface area contributed by atoms with E-state index >= 15 is 0 Å². The van der Waals surface area contributed by atoms with Crippen LogP contribution in [0.2, 0.25) is 0 Å². The monoisotopic (exact) mass is 323 g/mol. The summed E-state index contributed by atoms with van der Waals surface area (Å²) < 4.78 is 17.5. The van der Waals surface area contributed by atoms with E-state index in [-0.39, 0.29) is 11.9 Å². The number of hydrogen-bond acceptors (Lipinski definition) is 4. The van der Waals surface area contributed by atoms with E-state index < -0.39 is 9.61 Å². The summed E-state index contributed by atoms with van der Waals surface area (Å²) >= 11 is 10.6. The molecule has 0 atom stereocenters. The summed E-state index contributed by atoms with van der Waals surface area (Å²) in [4.78, 5) is 12.0. The molecular formula is C10H8Cl2FN3O2S. The summed E-state index contributed by atoms with van der Waals surface area (Å²) in [5, 5.41) is 3.72. The van der Waals surface area contributed by atoms with Gasteiger partial charge in [-0.15, -0.1) is 9.19 Å². The Hall–Kier alpha value is -1.18. The first-order valence-electron chi connectivity index (χ1n) is 4.98. The number of methoxy groups -OCH3 is 1. The van der Waals surface area contributed by atoms with E-state index in [2.05, 4.69) is 5.10 Å². The number of rotatable bonds is 4. The molecule has 0 fully saturated rings. The highest BCUT2D eigenvalue weighted by molar-refractivity contribution is 8.01. The van der Waals surface area contributed by atoms with Gasteiger partial charge in [-0.25, -0.2) is 9.36 Å². The van der Waals surface area contributed by atoms with Crippen molar-refractivity contribution in [2.45, 2.75) is 3.92 Å². The molecule has 0 unspecified atom stereocenters. The van der Waals surface area contributed by atoms with Crippen LogP contribution in [0, 0.1) is 0 Å². The van der Waals surface area contributed by atoms with Crippen LogP contribution in [0.15, 0.2) is 35.4 Å². The van der Waals surface area contributed by atoms with Gasteiger partial charge in [-0.05, 0) is 12.1 Å². The van der Waals surface area contributed by atoms with Crippen molar-refractivity contribution >= 4 is 35.1 Å². The summed E-state index contributed by atoms with van der Waals surface area (Å²) in [6.07, 6.45) is 1.23. The fraction of sp³-hybridized carbons (Fsp3) is 0.200. The Morgan fingerprint density at radius 3 is 2.74 bits per heavy atom. The Morgan fingerprint density at radius 2 is 2.11 bits per heavy atom. The summed E-state index contributed by atoms with van der Waals surface area (Å²) in [6, 6.07) is 6.85. The Morgan fingerprint density at radius 1 is 1.42 bits per heavy atom. The molecular weight excluding hydrogens is 316 g/mol. The van der Waals surface area contributed by atoms with Crippen LogP contribution in [0.25, 0.3) is 5.69 Å². The molecule has 0 radical (unpaired) electrons. The predicted molar refractivity (Wildman–Crippen MR) is 72.9 cm³/mol. The number of aromatic nitrogens is 3. The highest BCUT2D eigenvalue weighted by Gasteiger charge is 2.27. The normalized spacial score (nSPS) is 11.6. The Kier molecular flexibility index (Phi) is 4.07. The lowest BCUT2D eigenvalue weighted by atomic mass is 10.3. The van der Waals surface area contributed by atoms with Gasteiger partial charge in [0.1, 0.15) is 12.1 Å². The maximum absolute atomic E-state index is 13.1. The fourth-order valence-electron chi connectivity index (χ4n) is 1.44. The smallest absolute Gasteiger partial charge is 0.361 e. The van der Waals surface area contributed by atoms with Crippen LogP contribution >= 0.6 is 35.1 Å². The zero-order valence-electron chi connectivity index (χ0n) is 9.59. The van der Waals surface area contributed by atoms with E-state index in [1.54, 1.807) is 24.3 Å². The van der Waals surface area contributed by atoms with E-state index in [1.807, 2.05) is 0 Å². The molecule has 1 aromatic heterocycles. The van der Waals surface area contributed by atoms with Gasteiger partial charge in [0.05, 0.1) is 24.7 Å². The van der Waals surface area contributed by atoms with Gasteiger partial charge in [-0.1, -0.05) is 35.3 Å². The zero-order chi connectivity index (χ0) is 14.0. The van der Waals surface area contributed by atoms with Gasteiger partial charge < -0.3 is 4.74 Å². The number of nitrogens with zero attached hydrogens (tertiary/aromatic N) is 3. The lowest BCUT2D eigenvalue weighted by Crippen LogP contribution is -2.22. The molecule has 2 aromatic rings. The third-order valence-electron chi connectivity index (χ3n) is 2.18. The number of para-hydroxylation sites is 2. The van der Waals surface area contributed by atoms with Crippen LogP contribution in [-0.2, 0) is 0 Å². The topological polar surface area (TPSA) is 49.0 Å². The van der Waals surface area contributed by atoms with Crippen molar-refractivity contribution in [1.29, 1.82) is 0 Å². The first-order valence-corrected chi connectivity index (χ1v) is 6.51. The summed E-state index contributed by atoms with van der Waals surface area (Å²) in [6.45, 7) is 0. The molecule has 5 nitrogen and oxygen atoms in total. The standard InChI is InChI=1S/C10H8Cl2FN3O2S/c1-18-8-5-3-2-4-7(8)15-6-14-16(9(15)17)19-10(11,12)13/h2-6H,1H3. The SMILES string of the molecule is COc1ccccc1-n1cnn(SC(F)(Cl)Cl)c1=O. The zero-order valence-corrected chi connectivity index (χ0v) is 11.9. The summed E-state index contributed by atoms with van der Waals surface area (Å²) in [7, 11) is 1.48. The van der Waals surface area contributed by atoms with Gasteiger partial charge in [0.25, 0.3) is 0 Å². The van der Waals surface area contributed by atoms with Gasteiger partial charge in [0.2, 0.25) is 0 Å². The molecule has 0 bridgehead atoms. The van der Waals surface area contributed by atoms with Crippen molar-refractivity contribution in [3.63, 3.8) is 0 Å². The lowest BCUT2D eigenvalue weighted by molar-refractivity contribution is 0.412. The maximum atomic E-state index is 13.1. The largest absolute Gasteiger partial charge is 0.495 e. The van der Waals surface area contributed by atoms with Crippen LogP contribution < -0.4 is 10.4 Å². The lowest BCUT2D eigenvalue weighted by Gasteiger charge is -2.07. The molecule has 2 rings (SSSR count). The summed E-state index contributed by atoms with van der Waals surface area (Å²) in [5.41, 5.74) is -0.117. The Labute approximate surface area is 122 Å². The van der Waals surface area contributed by atoms with E-state index in [0.717, 1.165) is 4.09 Å². The minimum absolute atomic E-state index is 0.252. The van der Waals surface area contributed by atoms with E-state index in [1.165, 1.54) is 18.0 Å². The minimum atomic E-state index is -2.64. The molecule has 102 valence electrons. The molecule has 1 heterocycles. The second-order valence-electron chi connectivity index (χ2n) is 3.37. The molecule has 0 spiro atoms. The average Bonchev–Trinajstić information content (AvgIpc) is 2.69. The average molecular weight is 324 g/mol. The molecule has 0 aliphatic heterocycles. The van der Waals surface area contributed by atoms with Crippen LogP contribution in [0.3, 0.4) is 0 Å². The first-order chi connectivity index (χ1) is 8.92. The fourth-order valence-corrected chi connectivity index (χ4v) is 2.29. The molecule has 0 aliphatic carbocycles. The van der Waals surface area contributed by atoms with E-state index in [9.17, 15) is 9.18 Å². The van der Waals surface area contributed by atoms with E-state index in [0.29, 0.717) is 11.4 Å². The number of alkyl halides is 3. The number of ether oxygens (including phenoxy) is 1. The van der Waals surface area contributed by atoms with Crippen LogP contribution in [0.5, 0.6) is 5.75 Å². The molecule has 1 aromatic carbocycles. The van der Waals surface area contributed by atoms with Gasteiger partial charge in [0, 0.05) is 0 Å².